The third-order valence-electron chi connectivity index (χ3n) is 2.78. The Balaban J connectivity index is 2.15. The first-order valence-electron chi connectivity index (χ1n) is 5.86. The Bertz CT molecular complexity index is 359. The Morgan fingerprint density at radius 1 is 1.44 bits per heavy atom. The van der Waals surface area contributed by atoms with E-state index in [4.69, 9.17) is 4.74 Å². The maximum atomic E-state index is 13.7. The van der Waals surface area contributed by atoms with Gasteiger partial charge in [0.15, 0.2) is 11.6 Å². The second-order valence-corrected chi connectivity index (χ2v) is 4.51. The molecule has 0 aromatic heterocycles. The van der Waals surface area contributed by atoms with Gasteiger partial charge in [-0.25, -0.2) is 4.39 Å². The molecule has 1 aromatic carbocycles. The number of halogens is 1. The fourth-order valence-corrected chi connectivity index (χ4v) is 2.05. The smallest absolute Gasteiger partial charge is 0.165 e. The molecule has 0 saturated carbocycles. The maximum Gasteiger partial charge on any atom is 0.165 e. The van der Waals surface area contributed by atoms with Gasteiger partial charge in [0.1, 0.15) is 0 Å². The molecule has 88 valence electrons. The lowest BCUT2D eigenvalue weighted by Crippen LogP contribution is -2.13. The van der Waals surface area contributed by atoms with E-state index in [1.54, 1.807) is 12.1 Å². The fourth-order valence-electron chi connectivity index (χ4n) is 2.05. The fraction of sp³-hybridized carbons (Fsp3) is 0.538. The molecule has 0 bridgehead atoms. The maximum absolute atomic E-state index is 13.7. The quantitative estimate of drug-likeness (QED) is 0.850. The van der Waals surface area contributed by atoms with Crippen LogP contribution in [0.1, 0.15) is 38.3 Å². The molecule has 2 nitrogen and oxygen atoms in total. The average molecular weight is 223 g/mol. The van der Waals surface area contributed by atoms with E-state index in [2.05, 4.69) is 5.32 Å². The molecule has 1 N–H and O–H groups in total. The van der Waals surface area contributed by atoms with Gasteiger partial charge >= 0.3 is 0 Å². The van der Waals surface area contributed by atoms with Crippen LogP contribution in [-0.2, 0) is 0 Å². The van der Waals surface area contributed by atoms with Gasteiger partial charge in [0.05, 0.1) is 6.10 Å². The minimum absolute atomic E-state index is 0.00459. The van der Waals surface area contributed by atoms with Gasteiger partial charge in [0, 0.05) is 6.04 Å². The van der Waals surface area contributed by atoms with Crippen LogP contribution in [0.15, 0.2) is 18.2 Å². The molecule has 2 rings (SSSR count). The van der Waals surface area contributed by atoms with Crippen molar-refractivity contribution in [3.63, 3.8) is 0 Å². The summed E-state index contributed by atoms with van der Waals surface area (Å²) < 4.78 is 19.1. The summed E-state index contributed by atoms with van der Waals surface area (Å²) in [5.74, 6) is 0.0802. The topological polar surface area (TPSA) is 21.3 Å². The number of nitrogens with one attached hydrogen (secondary N) is 1. The molecule has 16 heavy (non-hydrogen) atoms. The highest BCUT2D eigenvalue weighted by molar-refractivity contribution is 5.31. The molecule has 1 unspecified atom stereocenters. The van der Waals surface area contributed by atoms with E-state index in [1.807, 2.05) is 19.9 Å². The monoisotopic (exact) mass is 223 g/mol. The molecule has 1 aliphatic heterocycles. The van der Waals surface area contributed by atoms with Crippen molar-refractivity contribution in [2.75, 3.05) is 6.54 Å². The van der Waals surface area contributed by atoms with Gasteiger partial charge in [0.2, 0.25) is 0 Å². The van der Waals surface area contributed by atoms with E-state index in [1.165, 1.54) is 0 Å². The second kappa shape index (κ2) is 4.83. The van der Waals surface area contributed by atoms with Crippen LogP contribution in [0.25, 0.3) is 0 Å². The van der Waals surface area contributed by atoms with E-state index < -0.39 is 0 Å². The molecule has 3 heteroatoms. The Hall–Kier alpha value is -1.09. The summed E-state index contributed by atoms with van der Waals surface area (Å²) in [6, 6.07) is 5.57. The minimum atomic E-state index is -0.264. The van der Waals surface area contributed by atoms with Crippen LogP contribution < -0.4 is 10.1 Å². The number of hydrogen-bond acceptors (Lipinski definition) is 2. The van der Waals surface area contributed by atoms with Gasteiger partial charge in [-0.05, 0) is 50.9 Å². The van der Waals surface area contributed by atoms with Crippen molar-refractivity contribution < 1.29 is 9.13 Å². The van der Waals surface area contributed by atoms with E-state index in [0.29, 0.717) is 11.8 Å². The number of ether oxygens (including phenoxy) is 1. The molecule has 1 saturated heterocycles. The molecule has 0 radical (unpaired) electrons. The molecule has 1 heterocycles. The summed E-state index contributed by atoms with van der Waals surface area (Å²) in [4.78, 5) is 0. The van der Waals surface area contributed by atoms with Crippen LogP contribution in [0.2, 0.25) is 0 Å². The Morgan fingerprint density at radius 3 is 2.81 bits per heavy atom. The normalized spacial score (nSPS) is 20.4. The van der Waals surface area contributed by atoms with Crippen molar-refractivity contribution in [2.24, 2.45) is 0 Å². The number of benzene rings is 1. The molecule has 0 amide bonds. The average Bonchev–Trinajstić information content (AvgIpc) is 2.73. The summed E-state index contributed by atoms with van der Waals surface area (Å²) in [6.07, 6.45) is 2.25. The Kier molecular flexibility index (Phi) is 3.44. The van der Waals surface area contributed by atoms with Crippen LogP contribution in [0.5, 0.6) is 5.75 Å². The molecule has 0 aliphatic carbocycles. The van der Waals surface area contributed by atoms with Gasteiger partial charge in [-0.3, -0.25) is 0 Å². The summed E-state index contributed by atoms with van der Waals surface area (Å²) in [5, 5.41) is 3.35. The standard InChI is InChI=1S/C13H18FNO/c1-9(2)16-13-6-5-10(8-11(13)14)12-4-3-7-15-12/h5-6,8-9,12,15H,3-4,7H2,1-2H3. The van der Waals surface area contributed by atoms with Crippen LogP contribution in [-0.4, -0.2) is 12.6 Å². The highest BCUT2D eigenvalue weighted by Crippen LogP contribution is 2.27. The number of hydrogen-bond donors (Lipinski definition) is 1. The van der Waals surface area contributed by atoms with E-state index in [9.17, 15) is 4.39 Å². The van der Waals surface area contributed by atoms with Gasteiger partial charge < -0.3 is 10.1 Å². The van der Waals surface area contributed by atoms with Gasteiger partial charge in [0.25, 0.3) is 0 Å². The molecule has 1 fully saturated rings. The second-order valence-electron chi connectivity index (χ2n) is 4.51. The van der Waals surface area contributed by atoms with E-state index in [-0.39, 0.29) is 11.9 Å². The molecular formula is C13H18FNO. The largest absolute Gasteiger partial charge is 0.488 e. The predicted octanol–water partition coefficient (Wildman–Crippen LogP) is 3.04. The molecule has 1 atom stereocenters. The van der Waals surface area contributed by atoms with Crippen molar-refractivity contribution in [3.8, 4) is 5.75 Å². The van der Waals surface area contributed by atoms with Crippen molar-refractivity contribution in [3.05, 3.63) is 29.6 Å². The van der Waals surface area contributed by atoms with Crippen molar-refractivity contribution in [2.45, 2.75) is 38.8 Å². The lowest BCUT2D eigenvalue weighted by molar-refractivity contribution is 0.231. The zero-order valence-electron chi connectivity index (χ0n) is 9.79. The predicted molar refractivity (Wildman–Crippen MR) is 62.1 cm³/mol. The number of rotatable bonds is 3. The van der Waals surface area contributed by atoms with E-state index >= 15 is 0 Å². The van der Waals surface area contributed by atoms with Crippen LogP contribution in [0, 0.1) is 5.82 Å². The zero-order valence-corrected chi connectivity index (χ0v) is 9.79. The van der Waals surface area contributed by atoms with Crippen molar-refractivity contribution >= 4 is 0 Å². The third kappa shape index (κ3) is 2.53. The SMILES string of the molecule is CC(C)Oc1ccc(C2CCCN2)cc1F. The summed E-state index contributed by atoms with van der Waals surface area (Å²) >= 11 is 0. The Morgan fingerprint density at radius 2 is 2.25 bits per heavy atom. The molecule has 1 aromatic rings. The summed E-state index contributed by atoms with van der Waals surface area (Å²) in [7, 11) is 0. The molecule has 0 spiro atoms. The highest BCUT2D eigenvalue weighted by Gasteiger charge is 2.17. The Labute approximate surface area is 95.8 Å². The van der Waals surface area contributed by atoms with Gasteiger partial charge in [-0.2, -0.15) is 0 Å². The first kappa shape index (κ1) is 11.4. The highest BCUT2D eigenvalue weighted by atomic mass is 19.1. The van der Waals surface area contributed by atoms with Gasteiger partial charge in [-0.1, -0.05) is 6.07 Å². The van der Waals surface area contributed by atoms with Crippen LogP contribution in [0.4, 0.5) is 4.39 Å². The molecule has 1 aliphatic rings. The van der Waals surface area contributed by atoms with Crippen LogP contribution in [0.3, 0.4) is 0 Å². The summed E-state index contributed by atoms with van der Waals surface area (Å²) in [5.41, 5.74) is 1.02. The lowest BCUT2D eigenvalue weighted by atomic mass is 10.1. The van der Waals surface area contributed by atoms with Crippen molar-refractivity contribution in [1.29, 1.82) is 0 Å². The summed E-state index contributed by atoms with van der Waals surface area (Å²) in [6.45, 7) is 4.81. The lowest BCUT2D eigenvalue weighted by Gasteiger charge is -2.14. The van der Waals surface area contributed by atoms with Crippen LogP contribution >= 0.6 is 0 Å². The van der Waals surface area contributed by atoms with Crippen molar-refractivity contribution in [1.82, 2.24) is 5.32 Å². The van der Waals surface area contributed by atoms with Gasteiger partial charge in [-0.15, -0.1) is 0 Å². The first-order valence-corrected chi connectivity index (χ1v) is 5.86. The zero-order chi connectivity index (χ0) is 11.5. The molecular weight excluding hydrogens is 205 g/mol. The minimum Gasteiger partial charge on any atom is -0.488 e. The third-order valence-corrected chi connectivity index (χ3v) is 2.78. The van der Waals surface area contributed by atoms with E-state index in [0.717, 1.165) is 24.9 Å². The first-order chi connectivity index (χ1) is 7.66.